The zero-order valence-electron chi connectivity index (χ0n) is 15.5. The molecule has 0 aliphatic heterocycles. The normalized spacial score (nSPS) is 11.7. The molecule has 27 heavy (non-hydrogen) atoms. The van der Waals surface area contributed by atoms with Gasteiger partial charge in [0.05, 0.1) is 18.0 Å². The number of nitrogens with one attached hydrogen (secondary N) is 1. The summed E-state index contributed by atoms with van der Waals surface area (Å²) < 4.78 is 35.0. The zero-order valence-corrected chi connectivity index (χ0v) is 17.1. The number of rotatable bonds is 8. The number of aromatic nitrogens is 3. The Balaban J connectivity index is 1.66. The van der Waals surface area contributed by atoms with Crippen LogP contribution in [0.5, 0.6) is 5.75 Å². The first-order valence-corrected chi connectivity index (χ1v) is 11.0. The third-order valence-electron chi connectivity index (χ3n) is 3.84. The Morgan fingerprint density at radius 2 is 2.04 bits per heavy atom. The quantitative estimate of drug-likeness (QED) is 0.622. The molecule has 3 rings (SSSR count). The van der Waals surface area contributed by atoms with E-state index in [2.05, 4.69) is 14.8 Å². The average Bonchev–Trinajstić information content (AvgIpc) is 3.21. The van der Waals surface area contributed by atoms with E-state index in [1.54, 1.807) is 22.9 Å². The Bertz CT molecular complexity index is 1020. The molecule has 0 saturated carbocycles. The summed E-state index contributed by atoms with van der Waals surface area (Å²) in [7, 11) is -3.65. The van der Waals surface area contributed by atoms with Crippen LogP contribution in [0.15, 0.2) is 40.6 Å². The maximum atomic E-state index is 12.6. The van der Waals surface area contributed by atoms with Crippen molar-refractivity contribution < 1.29 is 13.2 Å². The highest BCUT2D eigenvalue weighted by atomic mass is 32.2. The van der Waals surface area contributed by atoms with Crippen molar-refractivity contribution in [3.8, 4) is 10.9 Å². The molecule has 1 N–H and O–H groups in total. The van der Waals surface area contributed by atoms with Gasteiger partial charge >= 0.3 is 0 Å². The van der Waals surface area contributed by atoms with Gasteiger partial charge in [-0.3, -0.25) is 0 Å². The Labute approximate surface area is 163 Å². The lowest BCUT2D eigenvalue weighted by Crippen LogP contribution is -2.26. The Hall–Kier alpha value is -2.23. The van der Waals surface area contributed by atoms with Gasteiger partial charge in [-0.15, -0.1) is 11.3 Å². The molecule has 0 amide bonds. The van der Waals surface area contributed by atoms with E-state index >= 15 is 0 Å². The van der Waals surface area contributed by atoms with Crippen LogP contribution in [-0.2, 0) is 16.4 Å². The van der Waals surface area contributed by atoms with Gasteiger partial charge in [-0.25, -0.2) is 22.8 Å². The van der Waals surface area contributed by atoms with Gasteiger partial charge in [0, 0.05) is 24.0 Å². The fraction of sp³-hybridized carbons (Fsp3) is 0.333. The first-order valence-electron chi connectivity index (χ1n) is 8.60. The smallest absolute Gasteiger partial charge is 0.244 e. The maximum Gasteiger partial charge on any atom is 0.244 e. The number of hydrogen-bond acceptors (Lipinski definition) is 6. The van der Waals surface area contributed by atoms with Crippen molar-refractivity contribution in [2.75, 3.05) is 13.2 Å². The van der Waals surface area contributed by atoms with E-state index in [1.807, 2.05) is 32.2 Å². The third kappa shape index (κ3) is 4.55. The van der Waals surface area contributed by atoms with Crippen LogP contribution in [-0.4, -0.2) is 36.3 Å². The molecule has 2 heterocycles. The van der Waals surface area contributed by atoms with Crippen LogP contribution in [0, 0.1) is 13.8 Å². The van der Waals surface area contributed by atoms with Gasteiger partial charge in [0.25, 0.3) is 0 Å². The molecule has 0 aliphatic carbocycles. The summed E-state index contributed by atoms with van der Waals surface area (Å²) in [5, 5.41) is 7.12. The molecule has 1 aromatic carbocycles. The van der Waals surface area contributed by atoms with Crippen molar-refractivity contribution in [1.29, 1.82) is 0 Å². The van der Waals surface area contributed by atoms with Crippen LogP contribution in [0.3, 0.4) is 0 Å². The average molecular weight is 407 g/mol. The number of benzene rings is 1. The summed E-state index contributed by atoms with van der Waals surface area (Å²) in [5.74, 6) is 0.355. The molecule has 7 nitrogen and oxygen atoms in total. The van der Waals surface area contributed by atoms with Crippen molar-refractivity contribution >= 4 is 21.4 Å². The second kappa shape index (κ2) is 8.20. The van der Waals surface area contributed by atoms with Crippen molar-refractivity contribution in [3.63, 3.8) is 0 Å². The van der Waals surface area contributed by atoms with Gasteiger partial charge in [0.2, 0.25) is 15.2 Å². The van der Waals surface area contributed by atoms with Crippen molar-refractivity contribution in [2.24, 2.45) is 0 Å². The first-order chi connectivity index (χ1) is 12.9. The number of thiazole rings is 1. The first kappa shape index (κ1) is 19.5. The Kier molecular flexibility index (Phi) is 5.93. The number of sulfonamides is 1. The minimum absolute atomic E-state index is 0.147. The second-order valence-corrected chi connectivity index (χ2v) is 8.56. The third-order valence-corrected chi connectivity index (χ3v) is 6.21. The van der Waals surface area contributed by atoms with E-state index in [0.717, 1.165) is 22.2 Å². The topological polar surface area (TPSA) is 86.1 Å². The molecule has 144 valence electrons. The molecule has 0 bridgehead atoms. The van der Waals surface area contributed by atoms with Gasteiger partial charge in [-0.05, 0) is 39.0 Å². The van der Waals surface area contributed by atoms with Crippen molar-refractivity contribution in [3.05, 3.63) is 52.8 Å². The van der Waals surface area contributed by atoms with E-state index in [1.165, 1.54) is 17.4 Å². The van der Waals surface area contributed by atoms with Crippen LogP contribution >= 0.6 is 11.3 Å². The molecule has 0 saturated heterocycles. The molecule has 0 fully saturated rings. The number of ether oxygens (including phenoxy) is 1. The zero-order chi connectivity index (χ0) is 19.4. The molecule has 9 heteroatoms. The fourth-order valence-corrected chi connectivity index (χ4v) is 4.71. The molecule has 2 aromatic heterocycles. The number of nitrogens with zero attached hydrogens (tertiary/aromatic N) is 3. The highest BCUT2D eigenvalue weighted by Crippen LogP contribution is 2.23. The Morgan fingerprint density at radius 1 is 1.26 bits per heavy atom. The SMILES string of the molecule is CCOc1ccccc1S(=O)(=O)NCCc1csc(-n2nc(C)cc2C)n1. The van der Waals surface area contributed by atoms with E-state index in [0.29, 0.717) is 18.8 Å². The number of hydrogen-bond donors (Lipinski definition) is 1. The highest BCUT2D eigenvalue weighted by molar-refractivity contribution is 7.89. The number of aryl methyl sites for hydroxylation is 2. The largest absolute Gasteiger partial charge is 0.492 e. The number of para-hydroxylation sites is 1. The standard InChI is InChI=1S/C18H22N4O3S2/c1-4-25-16-7-5-6-8-17(16)27(23,24)19-10-9-15-12-26-18(20-15)22-14(3)11-13(2)21-22/h5-8,11-12,19H,4,9-10H2,1-3H3. The monoisotopic (exact) mass is 406 g/mol. The van der Waals surface area contributed by atoms with E-state index in [4.69, 9.17) is 4.74 Å². The minimum atomic E-state index is -3.65. The fourth-order valence-electron chi connectivity index (χ4n) is 2.67. The lowest BCUT2D eigenvalue weighted by molar-refractivity contribution is 0.331. The molecule has 0 aliphatic rings. The molecular formula is C18H22N4O3S2. The predicted molar refractivity (Wildman–Crippen MR) is 105 cm³/mol. The highest BCUT2D eigenvalue weighted by Gasteiger charge is 2.19. The van der Waals surface area contributed by atoms with E-state index < -0.39 is 10.0 Å². The van der Waals surface area contributed by atoms with Crippen LogP contribution in [0.1, 0.15) is 24.0 Å². The van der Waals surface area contributed by atoms with Crippen molar-refractivity contribution in [2.45, 2.75) is 32.1 Å². The van der Waals surface area contributed by atoms with Gasteiger partial charge in [0.15, 0.2) is 0 Å². The molecule has 0 unspecified atom stereocenters. The van der Waals surface area contributed by atoms with E-state index in [9.17, 15) is 8.42 Å². The second-order valence-electron chi connectivity index (χ2n) is 5.99. The predicted octanol–water partition coefficient (Wildman–Crippen LogP) is 2.87. The summed E-state index contributed by atoms with van der Waals surface area (Å²) in [6.07, 6.45) is 0.492. The minimum Gasteiger partial charge on any atom is -0.492 e. The van der Waals surface area contributed by atoms with Gasteiger partial charge in [0.1, 0.15) is 10.6 Å². The summed E-state index contributed by atoms with van der Waals surface area (Å²) in [4.78, 5) is 4.70. The van der Waals surface area contributed by atoms with Gasteiger partial charge in [-0.2, -0.15) is 5.10 Å². The van der Waals surface area contributed by atoms with Gasteiger partial charge < -0.3 is 4.74 Å². The summed E-state index contributed by atoms with van der Waals surface area (Å²) in [6, 6.07) is 8.61. The molecular weight excluding hydrogens is 384 g/mol. The lowest BCUT2D eigenvalue weighted by atomic mass is 10.3. The molecule has 0 radical (unpaired) electrons. The van der Waals surface area contributed by atoms with E-state index in [-0.39, 0.29) is 11.4 Å². The van der Waals surface area contributed by atoms with Crippen LogP contribution < -0.4 is 9.46 Å². The van der Waals surface area contributed by atoms with Gasteiger partial charge in [-0.1, -0.05) is 12.1 Å². The maximum absolute atomic E-state index is 12.6. The van der Waals surface area contributed by atoms with Crippen LogP contribution in [0.25, 0.3) is 5.13 Å². The lowest BCUT2D eigenvalue weighted by Gasteiger charge is -2.11. The Morgan fingerprint density at radius 3 is 2.74 bits per heavy atom. The summed E-state index contributed by atoms with van der Waals surface area (Å²) in [6.45, 7) is 6.39. The summed E-state index contributed by atoms with van der Waals surface area (Å²) >= 11 is 1.49. The summed E-state index contributed by atoms with van der Waals surface area (Å²) in [5.41, 5.74) is 2.77. The van der Waals surface area contributed by atoms with Crippen LogP contribution in [0.2, 0.25) is 0 Å². The van der Waals surface area contributed by atoms with Crippen molar-refractivity contribution in [1.82, 2.24) is 19.5 Å². The molecule has 0 atom stereocenters. The van der Waals surface area contributed by atoms with Crippen LogP contribution in [0.4, 0.5) is 0 Å². The molecule has 0 spiro atoms. The molecule has 3 aromatic rings.